The van der Waals surface area contributed by atoms with Crippen LogP contribution in [0.3, 0.4) is 0 Å². The summed E-state index contributed by atoms with van der Waals surface area (Å²) in [6.07, 6.45) is 0.778. The smallest absolute Gasteiger partial charge is 0.356 e. The number of guanidine groups is 1. The first-order valence-corrected chi connectivity index (χ1v) is 11.2. The highest BCUT2D eigenvalue weighted by molar-refractivity contribution is 7.90. The zero-order chi connectivity index (χ0) is 21.1. The minimum atomic E-state index is -5.23. The van der Waals surface area contributed by atoms with Crippen molar-refractivity contribution in [3.63, 3.8) is 0 Å². The highest BCUT2D eigenvalue weighted by Gasteiger charge is 2.50. The third kappa shape index (κ3) is 5.50. The van der Waals surface area contributed by atoms with E-state index in [1.807, 2.05) is 0 Å². The molecule has 2 atom stereocenters. The molecular formula is C17H32F3N5O2S. The Labute approximate surface area is 165 Å². The second-order valence-electron chi connectivity index (χ2n) is 8.02. The first-order chi connectivity index (χ1) is 13.0. The average Bonchev–Trinajstić information content (AvgIpc) is 2.99. The van der Waals surface area contributed by atoms with Crippen molar-refractivity contribution in [2.75, 3.05) is 39.8 Å². The maximum atomic E-state index is 12.6. The molecule has 2 heterocycles. The lowest BCUT2D eigenvalue weighted by molar-refractivity contribution is -0.0496. The molecule has 2 N–H and O–H groups in total. The first kappa shape index (κ1) is 23.2. The van der Waals surface area contributed by atoms with Gasteiger partial charge in [0.1, 0.15) is 0 Å². The molecule has 0 aliphatic carbocycles. The van der Waals surface area contributed by atoms with E-state index in [-0.39, 0.29) is 25.0 Å². The van der Waals surface area contributed by atoms with Crippen molar-refractivity contribution < 1.29 is 21.6 Å². The Bertz CT molecular complexity index is 646. The van der Waals surface area contributed by atoms with Crippen LogP contribution in [0.5, 0.6) is 0 Å². The van der Waals surface area contributed by atoms with Crippen LogP contribution in [-0.2, 0) is 10.0 Å². The molecule has 0 saturated carbocycles. The van der Waals surface area contributed by atoms with E-state index in [4.69, 9.17) is 0 Å². The minimum absolute atomic E-state index is 0.103. The van der Waals surface area contributed by atoms with Crippen LogP contribution in [0.25, 0.3) is 0 Å². The zero-order valence-corrected chi connectivity index (χ0v) is 17.8. The molecule has 2 rings (SSSR count). The summed E-state index contributed by atoms with van der Waals surface area (Å²) in [4.78, 5) is 6.66. The number of piperidine rings is 1. The van der Waals surface area contributed by atoms with Gasteiger partial charge in [-0.25, -0.2) is 8.42 Å². The van der Waals surface area contributed by atoms with Crippen LogP contribution in [0.4, 0.5) is 13.2 Å². The van der Waals surface area contributed by atoms with Crippen LogP contribution in [0.2, 0.25) is 0 Å². The highest BCUT2D eigenvalue weighted by atomic mass is 32.2. The van der Waals surface area contributed by atoms with E-state index < -0.39 is 15.5 Å². The Morgan fingerprint density at radius 3 is 2.29 bits per heavy atom. The number of aliphatic imine (C=N–C) groups is 1. The van der Waals surface area contributed by atoms with Gasteiger partial charge in [-0.3, -0.25) is 9.89 Å². The third-order valence-electron chi connectivity index (χ3n) is 5.68. The molecule has 0 aromatic carbocycles. The molecule has 0 radical (unpaired) electrons. The molecule has 2 saturated heterocycles. The summed E-state index contributed by atoms with van der Waals surface area (Å²) >= 11 is 0. The van der Waals surface area contributed by atoms with Gasteiger partial charge in [-0.1, -0.05) is 6.92 Å². The average molecular weight is 428 g/mol. The van der Waals surface area contributed by atoms with E-state index in [0.717, 1.165) is 13.1 Å². The van der Waals surface area contributed by atoms with Gasteiger partial charge in [-0.05, 0) is 38.5 Å². The molecule has 7 nitrogen and oxygen atoms in total. The van der Waals surface area contributed by atoms with Gasteiger partial charge >= 0.3 is 15.5 Å². The lowest BCUT2D eigenvalue weighted by Gasteiger charge is -2.32. The summed E-state index contributed by atoms with van der Waals surface area (Å²) in [5.74, 6) is 1.26. The fourth-order valence-electron chi connectivity index (χ4n) is 3.73. The number of halogens is 3. The van der Waals surface area contributed by atoms with Crippen LogP contribution >= 0.6 is 0 Å². The molecular weight excluding hydrogens is 395 g/mol. The number of nitrogens with one attached hydrogen (secondary N) is 2. The standard InChI is InChI=1S/C17H32F3N5O2S/c1-12(2)24-10-13(3)15(11-24)23-16(21-4)22-9-14-5-7-25(8-6-14)28(26,27)17(18,19)20/h12-15H,5-11H2,1-4H3,(H2,21,22,23). The van der Waals surface area contributed by atoms with Gasteiger partial charge in [0.2, 0.25) is 0 Å². The van der Waals surface area contributed by atoms with E-state index >= 15 is 0 Å². The van der Waals surface area contributed by atoms with E-state index in [9.17, 15) is 21.6 Å². The van der Waals surface area contributed by atoms with Gasteiger partial charge < -0.3 is 10.6 Å². The van der Waals surface area contributed by atoms with Crippen LogP contribution in [-0.4, -0.2) is 80.9 Å². The summed E-state index contributed by atoms with van der Waals surface area (Å²) in [5, 5.41) is 6.68. The quantitative estimate of drug-likeness (QED) is 0.513. The molecule has 2 aliphatic heterocycles. The van der Waals surface area contributed by atoms with E-state index in [1.54, 1.807) is 7.05 Å². The van der Waals surface area contributed by atoms with Crippen LogP contribution in [0.1, 0.15) is 33.6 Å². The fourth-order valence-corrected chi connectivity index (χ4v) is 4.71. The number of alkyl halides is 3. The number of rotatable bonds is 5. The lowest BCUT2D eigenvalue weighted by Crippen LogP contribution is -2.49. The van der Waals surface area contributed by atoms with Gasteiger partial charge in [0.05, 0.1) is 0 Å². The number of sulfonamides is 1. The summed E-state index contributed by atoms with van der Waals surface area (Å²) in [6.45, 7) is 8.85. The van der Waals surface area contributed by atoms with Crippen molar-refractivity contribution in [2.45, 2.75) is 51.2 Å². The van der Waals surface area contributed by atoms with Gasteiger partial charge in [0.15, 0.2) is 5.96 Å². The molecule has 11 heteroatoms. The van der Waals surface area contributed by atoms with E-state index in [2.05, 4.69) is 41.3 Å². The van der Waals surface area contributed by atoms with Crippen molar-refractivity contribution in [3.05, 3.63) is 0 Å². The predicted octanol–water partition coefficient (Wildman–Crippen LogP) is 1.44. The van der Waals surface area contributed by atoms with Gasteiger partial charge in [-0.15, -0.1) is 0 Å². The van der Waals surface area contributed by atoms with Crippen molar-refractivity contribution >= 4 is 16.0 Å². The summed E-state index contributed by atoms with van der Waals surface area (Å²) in [5.41, 5.74) is -5.23. The predicted molar refractivity (Wildman–Crippen MR) is 103 cm³/mol. The van der Waals surface area contributed by atoms with Crippen molar-refractivity contribution in [3.8, 4) is 0 Å². The van der Waals surface area contributed by atoms with Crippen molar-refractivity contribution in [2.24, 2.45) is 16.8 Å². The molecule has 164 valence electrons. The Morgan fingerprint density at radius 2 is 1.82 bits per heavy atom. The number of likely N-dealkylation sites (tertiary alicyclic amines) is 1. The number of nitrogens with zero attached hydrogens (tertiary/aromatic N) is 3. The number of hydrogen-bond acceptors (Lipinski definition) is 4. The van der Waals surface area contributed by atoms with Crippen LogP contribution in [0, 0.1) is 11.8 Å². The summed E-state index contributed by atoms with van der Waals surface area (Å²) in [7, 11) is -3.53. The summed E-state index contributed by atoms with van der Waals surface area (Å²) in [6, 6.07) is 0.773. The Balaban J connectivity index is 1.80. The molecule has 0 aromatic heterocycles. The fraction of sp³-hybridized carbons (Fsp3) is 0.941. The second-order valence-corrected chi connectivity index (χ2v) is 9.95. The van der Waals surface area contributed by atoms with Crippen molar-refractivity contribution in [1.82, 2.24) is 19.8 Å². The van der Waals surface area contributed by atoms with Gasteiger partial charge in [0, 0.05) is 51.9 Å². The molecule has 0 bridgehead atoms. The second kappa shape index (κ2) is 9.17. The molecule has 2 aliphatic rings. The highest BCUT2D eigenvalue weighted by Crippen LogP contribution is 2.30. The maximum absolute atomic E-state index is 12.6. The van der Waals surface area contributed by atoms with Crippen molar-refractivity contribution in [1.29, 1.82) is 0 Å². The molecule has 2 unspecified atom stereocenters. The largest absolute Gasteiger partial charge is 0.511 e. The lowest BCUT2D eigenvalue weighted by atomic mass is 9.98. The maximum Gasteiger partial charge on any atom is 0.511 e. The molecule has 28 heavy (non-hydrogen) atoms. The van der Waals surface area contributed by atoms with Crippen LogP contribution < -0.4 is 10.6 Å². The van der Waals surface area contributed by atoms with Gasteiger partial charge in [0.25, 0.3) is 0 Å². The first-order valence-electron chi connectivity index (χ1n) is 9.73. The Hall–Kier alpha value is -1.07. The van der Waals surface area contributed by atoms with E-state index in [0.29, 0.717) is 41.6 Å². The third-order valence-corrected chi connectivity index (χ3v) is 7.31. The number of hydrogen-bond donors (Lipinski definition) is 2. The summed E-state index contributed by atoms with van der Waals surface area (Å²) < 4.78 is 61.4. The minimum Gasteiger partial charge on any atom is -0.356 e. The molecule has 0 amide bonds. The zero-order valence-electron chi connectivity index (χ0n) is 17.0. The molecule has 0 aromatic rings. The molecule has 2 fully saturated rings. The topological polar surface area (TPSA) is 77.0 Å². The van der Waals surface area contributed by atoms with E-state index in [1.165, 1.54) is 0 Å². The Kier molecular flexibility index (Phi) is 7.60. The molecule has 0 spiro atoms. The SMILES string of the molecule is CN=C(NCC1CCN(S(=O)(=O)C(F)(F)F)CC1)NC1CN(C(C)C)CC1C. The normalized spacial score (nSPS) is 26.8. The Morgan fingerprint density at radius 1 is 1.21 bits per heavy atom. The van der Waals surface area contributed by atoms with Gasteiger partial charge in [-0.2, -0.15) is 17.5 Å². The monoisotopic (exact) mass is 427 g/mol. The van der Waals surface area contributed by atoms with Crippen LogP contribution in [0.15, 0.2) is 4.99 Å².